The van der Waals surface area contributed by atoms with Gasteiger partial charge in [-0.2, -0.15) is 0 Å². The van der Waals surface area contributed by atoms with Crippen LogP contribution in [0.15, 0.2) is 11.2 Å². The van der Waals surface area contributed by atoms with Crippen molar-refractivity contribution in [3.05, 3.63) is 11.2 Å². The van der Waals surface area contributed by atoms with Gasteiger partial charge in [0.1, 0.15) is 11.0 Å². The molecule has 0 N–H and O–H groups in total. The minimum absolute atomic E-state index is 0.0721. The summed E-state index contributed by atoms with van der Waals surface area (Å²) in [5, 5.41) is 0.884. The molecule has 0 atom stereocenters. The largest absolute Gasteiger partial charge is 0.363 e. The molecule has 24 heavy (non-hydrogen) atoms. The Kier molecular flexibility index (Phi) is 5.49. The molecule has 9 heteroatoms. The number of carbonyl (C=O) groups is 1. The van der Waals surface area contributed by atoms with Crippen molar-refractivity contribution in [1.82, 2.24) is 14.9 Å². The van der Waals surface area contributed by atoms with E-state index in [1.54, 1.807) is 6.07 Å². The molecule has 2 aliphatic heterocycles. The third-order valence-electron chi connectivity index (χ3n) is 4.14. The van der Waals surface area contributed by atoms with Crippen LogP contribution in [0.3, 0.4) is 0 Å². The average Bonchev–Trinajstić information content (AvgIpc) is 3.01. The zero-order valence-corrected chi connectivity index (χ0v) is 15.4. The molecule has 3 rings (SSSR count). The summed E-state index contributed by atoms with van der Waals surface area (Å²) < 4.78 is 11.4. The second-order valence-corrected chi connectivity index (χ2v) is 7.33. The normalized spacial score (nSPS) is 19.7. The highest BCUT2D eigenvalue weighted by Gasteiger charge is 2.40. The first-order valence-corrected chi connectivity index (χ1v) is 9.24. The van der Waals surface area contributed by atoms with Gasteiger partial charge in [0.15, 0.2) is 10.9 Å². The predicted molar refractivity (Wildman–Crippen MR) is 92.5 cm³/mol. The molecular formula is C15H21ClN4O3S. The van der Waals surface area contributed by atoms with Crippen molar-refractivity contribution >= 4 is 35.1 Å². The van der Waals surface area contributed by atoms with Gasteiger partial charge in [-0.1, -0.05) is 23.4 Å². The van der Waals surface area contributed by atoms with Crippen molar-refractivity contribution in [2.75, 3.05) is 51.1 Å². The van der Waals surface area contributed by atoms with E-state index in [-0.39, 0.29) is 5.91 Å². The molecule has 7 nitrogen and oxygen atoms in total. The Bertz CT molecular complexity index is 600. The molecule has 1 aromatic heterocycles. The Labute approximate surface area is 150 Å². The van der Waals surface area contributed by atoms with Crippen LogP contribution in [0.5, 0.6) is 0 Å². The molecular weight excluding hydrogens is 352 g/mol. The van der Waals surface area contributed by atoms with Gasteiger partial charge in [0.05, 0.1) is 19.0 Å². The lowest BCUT2D eigenvalue weighted by Gasteiger charge is -2.37. The van der Waals surface area contributed by atoms with Crippen LogP contribution in [0.1, 0.15) is 12.8 Å². The highest BCUT2D eigenvalue weighted by atomic mass is 35.5. The van der Waals surface area contributed by atoms with E-state index in [0.717, 1.165) is 18.7 Å². The maximum atomic E-state index is 12.4. The topological polar surface area (TPSA) is 67.8 Å². The van der Waals surface area contributed by atoms with E-state index in [0.29, 0.717) is 42.4 Å². The highest BCUT2D eigenvalue weighted by Crippen LogP contribution is 2.31. The second kappa shape index (κ2) is 7.43. The Hall–Kier alpha value is -1.09. The SMILES string of the molecule is CN(C)c1cc(Cl)nc(SCC(=O)N2CCC3(CC2)OCCO3)n1. The first-order valence-electron chi connectivity index (χ1n) is 7.88. The molecule has 0 saturated carbocycles. The summed E-state index contributed by atoms with van der Waals surface area (Å²) in [4.78, 5) is 24.7. The third kappa shape index (κ3) is 4.11. The molecule has 2 saturated heterocycles. The second-order valence-electron chi connectivity index (χ2n) is 6.00. The van der Waals surface area contributed by atoms with Gasteiger partial charge in [0.25, 0.3) is 0 Å². The Morgan fingerprint density at radius 2 is 2.00 bits per heavy atom. The number of piperidine rings is 1. The Balaban J connectivity index is 1.53. The van der Waals surface area contributed by atoms with Crippen LogP contribution in [0.25, 0.3) is 0 Å². The van der Waals surface area contributed by atoms with Gasteiger partial charge in [-0.15, -0.1) is 0 Å². The molecule has 0 bridgehead atoms. The quantitative estimate of drug-likeness (QED) is 0.452. The zero-order chi connectivity index (χ0) is 17.2. The molecule has 0 aromatic carbocycles. The molecule has 2 fully saturated rings. The highest BCUT2D eigenvalue weighted by molar-refractivity contribution is 7.99. The number of aromatic nitrogens is 2. The van der Waals surface area contributed by atoms with E-state index in [1.165, 1.54) is 11.8 Å². The number of halogens is 1. The van der Waals surface area contributed by atoms with Crippen LogP contribution < -0.4 is 4.90 Å². The number of hydrogen-bond donors (Lipinski definition) is 0. The van der Waals surface area contributed by atoms with E-state index in [4.69, 9.17) is 21.1 Å². The number of amides is 1. The van der Waals surface area contributed by atoms with Crippen LogP contribution >= 0.6 is 23.4 Å². The summed E-state index contributed by atoms with van der Waals surface area (Å²) in [6.07, 6.45) is 1.45. The fourth-order valence-electron chi connectivity index (χ4n) is 2.78. The van der Waals surface area contributed by atoms with Crippen molar-refractivity contribution in [1.29, 1.82) is 0 Å². The van der Waals surface area contributed by atoms with E-state index in [9.17, 15) is 4.79 Å². The maximum absolute atomic E-state index is 12.4. The number of hydrogen-bond acceptors (Lipinski definition) is 7. The van der Waals surface area contributed by atoms with Crippen molar-refractivity contribution in [2.45, 2.75) is 23.8 Å². The van der Waals surface area contributed by atoms with Gasteiger partial charge < -0.3 is 19.3 Å². The predicted octanol–water partition coefficient (Wildman–Crippen LogP) is 1.65. The van der Waals surface area contributed by atoms with Crippen molar-refractivity contribution in [3.8, 4) is 0 Å². The van der Waals surface area contributed by atoms with E-state index >= 15 is 0 Å². The van der Waals surface area contributed by atoms with Gasteiger partial charge in [-0.3, -0.25) is 4.79 Å². The fourth-order valence-corrected chi connectivity index (χ4v) is 3.76. The molecule has 0 radical (unpaired) electrons. The summed E-state index contributed by atoms with van der Waals surface area (Å²) in [7, 11) is 3.77. The van der Waals surface area contributed by atoms with Crippen molar-refractivity contribution < 1.29 is 14.3 Å². The minimum Gasteiger partial charge on any atom is -0.363 e. The molecule has 132 valence electrons. The van der Waals surface area contributed by atoms with Gasteiger partial charge in [-0.25, -0.2) is 9.97 Å². The number of anilines is 1. The van der Waals surface area contributed by atoms with Crippen LogP contribution in [0.2, 0.25) is 5.15 Å². The summed E-state index contributed by atoms with van der Waals surface area (Å²) in [6.45, 7) is 2.59. The lowest BCUT2D eigenvalue weighted by atomic mass is 10.0. The minimum atomic E-state index is -0.458. The van der Waals surface area contributed by atoms with Gasteiger partial charge in [0.2, 0.25) is 5.91 Å². The van der Waals surface area contributed by atoms with Gasteiger partial charge >= 0.3 is 0 Å². The van der Waals surface area contributed by atoms with Crippen LogP contribution in [-0.4, -0.2) is 72.7 Å². The van der Waals surface area contributed by atoms with E-state index in [2.05, 4.69) is 9.97 Å². The number of thioether (sulfide) groups is 1. The fraction of sp³-hybridized carbons (Fsp3) is 0.667. The molecule has 1 amide bonds. The lowest BCUT2D eigenvalue weighted by Crippen LogP contribution is -2.47. The monoisotopic (exact) mass is 372 g/mol. The lowest BCUT2D eigenvalue weighted by molar-refractivity contribution is -0.186. The molecule has 1 spiro atoms. The Morgan fingerprint density at radius 1 is 1.33 bits per heavy atom. The van der Waals surface area contributed by atoms with Crippen LogP contribution in [-0.2, 0) is 14.3 Å². The number of carbonyl (C=O) groups excluding carboxylic acids is 1. The maximum Gasteiger partial charge on any atom is 0.233 e. The van der Waals surface area contributed by atoms with Gasteiger partial charge in [-0.05, 0) is 0 Å². The first-order chi connectivity index (χ1) is 11.5. The average molecular weight is 373 g/mol. The molecule has 1 aromatic rings. The van der Waals surface area contributed by atoms with E-state index < -0.39 is 5.79 Å². The zero-order valence-electron chi connectivity index (χ0n) is 13.8. The third-order valence-corrected chi connectivity index (χ3v) is 5.16. The molecule has 3 heterocycles. The number of nitrogens with zero attached hydrogens (tertiary/aromatic N) is 4. The summed E-state index contributed by atoms with van der Waals surface area (Å²) in [5.41, 5.74) is 0. The molecule has 0 unspecified atom stereocenters. The number of likely N-dealkylation sites (tertiary alicyclic amines) is 1. The van der Waals surface area contributed by atoms with Crippen LogP contribution in [0, 0.1) is 0 Å². The van der Waals surface area contributed by atoms with Crippen molar-refractivity contribution in [2.24, 2.45) is 0 Å². The van der Waals surface area contributed by atoms with Crippen molar-refractivity contribution in [3.63, 3.8) is 0 Å². The molecule has 2 aliphatic rings. The first kappa shape index (κ1) is 17.7. The summed E-state index contributed by atoms with van der Waals surface area (Å²) >= 11 is 7.32. The number of ether oxygens (including phenoxy) is 2. The Morgan fingerprint density at radius 3 is 2.62 bits per heavy atom. The molecule has 0 aliphatic carbocycles. The summed E-state index contributed by atoms with van der Waals surface area (Å²) in [5.74, 6) is 0.630. The van der Waals surface area contributed by atoms with E-state index in [1.807, 2.05) is 23.9 Å². The standard InChI is InChI=1S/C15H21ClN4O3S/c1-19(2)12-9-11(16)17-14(18-12)24-10-13(21)20-5-3-15(4-6-20)22-7-8-23-15/h9H,3-8,10H2,1-2H3. The number of rotatable bonds is 4. The summed E-state index contributed by atoms with van der Waals surface area (Å²) in [6, 6.07) is 1.69. The van der Waals surface area contributed by atoms with Crippen LogP contribution in [0.4, 0.5) is 5.82 Å². The van der Waals surface area contributed by atoms with Gasteiger partial charge in [0, 0.05) is 46.1 Å². The smallest absolute Gasteiger partial charge is 0.233 e.